The number of hydrogen-bond donors (Lipinski definition) is 0. The Morgan fingerprint density at radius 1 is 0.714 bits per heavy atom. The zero-order valence-corrected chi connectivity index (χ0v) is 24.2. The molecule has 0 fully saturated rings. The first-order chi connectivity index (χ1) is 17.1. The summed E-state index contributed by atoms with van der Waals surface area (Å²) in [5, 5.41) is 1.13. The molecule has 0 bridgehead atoms. The van der Waals surface area contributed by atoms with Gasteiger partial charge in [0.15, 0.2) is 0 Å². The van der Waals surface area contributed by atoms with E-state index >= 15 is 0 Å². The number of unbranched alkanes of at least 4 members (excludes halogenated alkanes) is 8. The minimum absolute atomic E-state index is 0.737. The van der Waals surface area contributed by atoms with Gasteiger partial charge in [-0.2, -0.15) is 0 Å². The Bertz CT molecular complexity index is 777. The third kappa shape index (κ3) is 13.4. The molecule has 0 amide bonds. The number of hydrogen-bond acceptors (Lipinski definition) is 3. The van der Waals surface area contributed by atoms with Crippen LogP contribution in [-0.2, 0) is 6.42 Å². The van der Waals surface area contributed by atoms with Gasteiger partial charge in [0.05, 0.1) is 11.9 Å². The summed E-state index contributed by atoms with van der Waals surface area (Å²) in [7, 11) is 0.737. The largest absolute Gasteiger partial charge is 0.261 e. The maximum Gasteiger partial charge on any atom is 0.110 e. The van der Waals surface area contributed by atoms with Crippen LogP contribution in [0, 0.1) is 11.8 Å². The third-order valence-electron chi connectivity index (χ3n) is 7.12. The van der Waals surface area contributed by atoms with Gasteiger partial charge in [-0.3, -0.25) is 15.0 Å². The van der Waals surface area contributed by atoms with E-state index in [0.29, 0.717) is 0 Å². The molecular formula is C31H51N3Si. The molecule has 2 atom stereocenters. The Morgan fingerprint density at radius 2 is 1.37 bits per heavy atom. The number of pyridine rings is 1. The highest BCUT2D eigenvalue weighted by molar-refractivity contribution is 6.52. The molecule has 2 aromatic heterocycles. The van der Waals surface area contributed by atoms with E-state index in [2.05, 4.69) is 49.8 Å². The highest BCUT2D eigenvalue weighted by Gasteiger charge is 2.08. The lowest BCUT2D eigenvalue weighted by molar-refractivity contribution is 0.430. The summed E-state index contributed by atoms with van der Waals surface area (Å²) >= 11 is 0. The molecule has 0 aliphatic carbocycles. The van der Waals surface area contributed by atoms with Crippen molar-refractivity contribution >= 4 is 14.8 Å². The topological polar surface area (TPSA) is 38.7 Å². The second kappa shape index (κ2) is 18.7. The average Bonchev–Trinajstić information content (AvgIpc) is 2.88. The van der Waals surface area contributed by atoms with Crippen molar-refractivity contribution in [3.05, 3.63) is 36.4 Å². The van der Waals surface area contributed by atoms with Crippen LogP contribution >= 0.6 is 0 Å². The molecule has 2 aromatic rings. The Kier molecular flexibility index (Phi) is 15.8. The van der Waals surface area contributed by atoms with Crippen molar-refractivity contribution < 1.29 is 0 Å². The lowest BCUT2D eigenvalue weighted by Gasteiger charge is -2.12. The molecule has 4 heteroatoms. The lowest BCUT2D eigenvalue weighted by atomic mass is 9.96. The van der Waals surface area contributed by atoms with Crippen molar-refractivity contribution in [2.24, 2.45) is 11.8 Å². The van der Waals surface area contributed by atoms with Crippen LogP contribution in [0.3, 0.4) is 0 Å². The average molecular weight is 494 g/mol. The van der Waals surface area contributed by atoms with Gasteiger partial charge in [0.1, 0.15) is 9.52 Å². The first-order valence-electron chi connectivity index (χ1n) is 14.6. The Hall–Kier alpha value is -1.55. The fourth-order valence-corrected chi connectivity index (χ4v) is 5.78. The molecule has 2 radical (unpaired) electrons. The van der Waals surface area contributed by atoms with E-state index in [-0.39, 0.29) is 0 Å². The van der Waals surface area contributed by atoms with Crippen molar-refractivity contribution in [2.75, 3.05) is 0 Å². The number of rotatable bonds is 20. The van der Waals surface area contributed by atoms with Crippen LogP contribution in [0.1, 0.15) is 123 Å². The number of aryl methyl sites for hydroxylation is 1. The molecular weight excluding hydrogens is 442 g/mol. The maximum absolute atomic E-state index is 4.91. The quantitative estimate of drug-likeness (QED) is 0.137. The molecule has 2 unspecified atom stereocenters. The van der Waals surface area contributed by atoms with Crippen LogP contribution in [0.2, 0.25) is 6.04 Å². The molecule has 0 aromatic carbocycles. The van der Waals surface area contributed by atoms with E-state index in [1.165, 1.54) is 102 Å². The van der Waals surface area contributed by atoms with E-state index in [4.69, 9.17) is 4.98 Å². The summed E-state index contributed by atoms with van der Waals surface area (Å²) in [5.74, 6) is 1.67. The second-order valence-electron chi connectivity index (χ2n) is 10.7. The summed E-state index contributed by atoms with van der Waals surface area (Å²) < 4.78 is 0. The van der Waals surface area contributed by atoms with E-state index < -0.39 is 0 Å². The second-order valence-corrected chi connectivity index (χ2v) is 12.0. The minimum atomic E-state index is 0.737. The van der Waals surface area contributed by atoms with E-state index in [1.807, 2.05) is 18.6 Å². The smallest absolute Gasteiger partial charge is 0.110 e. The standard InChI is InChI=1S/C31H51N3Si/c1-5-7-9-10-15-19-29-21-20-28(22-33-29)30-23-32-24-31(34-30)35-25-27(4)18-14-11-13-17-26(3)16-12-8-6-2/h20-24,26-27H,5-19,25H2,1-4H3. The molecule has 35 heavy (non-hydrogen) atoms. The first-order valence-corrected chi connectivity index (χ1v) is 15.8. The van der Waals surface area contributed by atoms with Gasteiger partial charge in [-0.15, -0.1) is 0 Å². The van der Waals surface area contributed by atoms with Crippen molar-refractivity contribution in [3.8, 4) is 11.3 Å². The fraction of sp³-hybridized carbons (Fsp3) is 0.710. The predicted molar refractivity (Wildman–Crippen MR) is 153 cm³/mol. The Balaban J connectivity index is 1.66. The predicted octanol–water partition coefficient (Wildman–Crippen LogP) is 8.60. The van der Waals surface area contributed by atoms with Gasteiger partial charge in [0.25, 0.3) is 0 Å². The molecule has 0 saturated carbocycles. The maximum atomic E-state index is 4.91. The van der Waals surface area contributed by atoms with Crippen LogP contribution in [0.5, 0.6) is 0 Å². The van der Waals surface area contributed by atoms with Gasteiger partial charge < -0.3 is 0 Å². The van der Waals surface area contributed by atoms with Gasteiger partial charge in [0, 0.05) is 29.0 Å². The number of aromatic nitrogens is 3. The third-order valence-corrected chi connectivity index (χ3v) is 8.62. The Labute approximate surface area is 219 Å². The SMILES string of the molecule is CCCCCCCc1ccc(-c2cncc([Si]CC(C)CCCCCC(C)CCCCC)n2)cn1. The summed E-state index contributed by atoms with van der Waals surface area (Å²) in [5.41, 5.74) is 3.23. The molecule has 2 heterocycles. The molecule has 3 nitrogen and oxygen atoms in total. The van der Waals surface area contributed by atoms with Crippen LogP contribution in [0.15, 0.2) is 30.7 Å². The van der Waals surface area contributed by atoms with Crippen LogP contribution in [-0.4, -0.2) is 24.5 Å². The van der Waals surface area contributed by atoms with Gasteiger partial charge in [-0.1, -0.05) is 117 Å². The van der Waals surface area contributed by atoms with Gasteiger partial charge in [-0.05, 0) is 36.8 Å². The zero-order valence-electron chi connectivity index (χ0n) is 23.2. The van der Waals surface area contributed by atoms with Gasteiger partial charge in [-0.25, -0.2) is 0 Å². The molecule has 0 N–H and O–H groups in total. The summed E-state index contributed by atoms with van der Waals surface area (Å²) in [6.45, 7) is 9.40. The first kappa shape index (κ1) is 29.7. The molecule has 0 aliphatic heterocycles. The molecule has 0 spiro atoms. The van der Waals surface area contributed by atoms with Crippen molar-refractivity contribution in [2.45, 2.75) is 130 Å². The van der Waals surface area contributed by atoms with Gasteiger partial charge in [0.2, 0.25) is 0 Å². The molecule has 0 saturated heterocycles. The van der Waals surface area contributed by atoms with Crippen LogP contribution in [0.4, 0.5) is 0 Å². The Morgan fingerprint density at radius 3 is 2.09 bits per heavy atom. The van der Waals surface area contributed by atoms with E-state index in [9.17, 15) is 0 Å². The van der Waals surface area contributed by atoms with E-state index in [1.54, 1.807) is 0 Å². The fourth-order valence-electron chi connectivity index (χ4n) is 4.65. The highest BCUT2D eigenvalue weighted by atomic mass is 28.2. The summed E-state index contributed by atoms with van der Waals surface area (Å²) in [6.07, 6.45) is 25.9. The van der Waals surface area contributed by atoms with Crippen molar-refractivity contribution in [3.63, 3.8) is 0 Å². The summed E-state index contributed by atoms with van der Waals surface area (Å²) in [6, 6.07) is 5.55. The van der Waals surface area contributed by atoms with Crippen molar-refractivity contribution in [1.29, 1.82) is 0 Å². The lowest BCUT2D eigenvalue weighted by Crippen LogP contribution is -2.21. The molecule has 2 rings (SSSR count). The summed E-state index contributed by atoms with van der Waals surface area (Å²) in [4.78, 5) is 14.1. The van der Waals surface area contributed by atoms with Gasteiger partial charge >= 0.3 is 0 Å². The molecule has 0 aliphatic rings. The van der Waals surface area contributed by atoms with Crippen molar-refractivity contribution in [1.82, 2.24) is 15.0 Å². The monoisotopic (exact) mass is 493 g/mol. The highest BCUT2D eigenvalue weighted by Crippen LogP contribution is 2.19. The zero-order chi connectivity index (χ0) is 25.1. The number of nitrogens with zero attached hydrogens (tertiary/aromatic N) is 3. The minimum Gasteiger partial charge on any atom is -0.261 e. The van der Waals surface area contributed by atoms with Crippen LogP contribution in [0.25, 0.3) is 11.3 Å². The van der Waals surface area contributed by atoms with Crippen LogP contribution < -0.4 is 5.32 Å². The molecule has 194 valence electrons. The van der Waals surface area contributed by atoms with E-state index in [0.717, 1.165) is 44.4 Å². The normalized spacial score (nSPS) is 13.1.